The fraction of sp³-hybridized carbons (Fsp3) is 0.400. The van der Waals surface area contributed by atoms with Crippen molar-refractivity contribution in [1.29, 1.82) is 0 Å². The zero-order valence-electron chi connectivity index (χ0n) is 15.0. The van der Waals surface area contributed by atoms with Crippen LogP contribution in [0.4, 0.5) is 4.79 Å². The molecule has 0 aliphatic carbocycles. The Morgan fingerprint density at radius 3 is 2.85 bits per heavy atom. The van der Waals surface area contributed by atoms with Crippen LogP contribution in [0.3, 0.4) is 0 Å². The number of halogens is 1. The van der Waals surface area contributed by atoms with E-state index >= 15 is 0 Å². The Kier molecular flexibility index (Phi) is 5.67. The number of hydrogen-bond acceptors (Lipinski definition) is 2. The molecule has 26 heavy (non-hydrogen) atoms. The highest BCUT2D eigenvalue weighted by atomic mass is 35.5. The van der Waals surface area contributed by atoms with Gasteiger partial charge in [-0.15, -0.1) is 6.58 Å². The smallest absolute Gasteiger partial charge is 0.322 e. The van der Waals surface area contributed by atoms with Gasteiger partial charge in [0, 0.05) is 18.1 Å². The third kappa shape index (κ3) is 3.49. The van der Waals surface area contributed by atoms with Crippen molar-refractivity contribution >= 4 is 23.5 Å². The molecule has 0 bridgehead atoms. The van der Waals surface area contributed by atoms with Crippen molar-refractivity contribution in [2.45, 2.75) is 32.2 Å². The van der Waals surface area contributed by atoms with E-state index in [0.29, 0.717) is 30.2 Å². The molecule has 5 nitrogen and oxygen atoms in total. The van der Waals surface area contributed by atoms with E-state index in [0.717, 1.165) is 30.5 Å². The van der Waals surface area contributed by atoms with Crippen molar-refractivity contribution in [2.24, 2.45) is 0 Å². The second kappa shape index (κ2) is 7.96. The Hall–Kier alpha value is -2.27. The van der Waals surface area contributed by atoms with Crippen molar-refractivity contribution in [1.82, 2.24) is 15.1 Å². The first-order valence-corrected chi connectivity index (χ1v) is 9.41. The highest BCUT2D eigenvalue weighted by Crippen LogP contribution is 2.36. The van der Waals surface area contributed by atoms with E-state index < -0.39 is 6.04 Å². The molecule has 3 rings (SSSR count). The summed E-state index contributed by atoms with van der Waals surface area (Å²) in [5.74, 6) is -0.00450. The lowest BCUT2D eigenvalue weighted by atomic mass is 9.95. The van der Waals surface area contributed by atoms with Gasteiger partial charge >= 0.3 is 6.03 Å². The van der Waals surface area contributed by atoms with Crippen LogP contribution in [-0.2, 0) is 4.79 Å². The van der Waals surface area contributed by atoms with Gasteiger partial charge in [0.25, 0.3) is 5.91 Å². The number of rotatable bonds is 7. The van der Waals surface area contributed by atoms with Gasteiger partial charge in [-0.1, -0.05) is 49.6 Å². The van der Waals surface area contributed by atoms with Crippen molar-refractivity contribution in [3.8, 4) is 0 Å². The first-order chi connectivity index (χ1) is 12.6. The van der Waals surface area contributed by atoms with Crippen LogP contribution < -0.4 is 5.32 Å². The first-order valence-electron chi connectivity index (χ1n) is 9.03. The van der Waals surface area contributed by atoms with Crippen LogP contribution in [0.25, 0.3) is 0 Å². The summed E-state index contributed by atoms with van der Waals surface area (Å²) in [5.41, 5.74) is 2.24. The number of carbonyl (C=O) groups is 2. The Labute approximate surface area is 159 Å². The lowest BCUT2D eigenvalue weighted by Gasteiger charge is -2.33. The minimum Gasteiger partial charge on any atom is -0.333 e. The van der Waals surface area contributed by atoms with Crippen molar-refractivity contribution in [2.75, 3.05) is 19.6 Å². The SMILES string of the molecule is C=CCN1C(=O)N[C@H](c2cccc(Cl)c2)C2=C1CN(CCCCC)C2=O. The van der Waals surface area contributed by atoms with E-state index in [-0.39, 0.29) is 11.9 Å². The summed E-state index contributed by atoms with van der Waals surface area (Å²) < 4.78 is 0. The van der Waals surface area contributed by atoms with E-state index in [1.165, 1.54) is 0 Å². The summed E-state index contributed by atoms with van der Waals surface area (Å²) >= 11 is 6.12. The predicted octanol–water partition coefficient (Wildman–Crippen LogP) is 3.88. The van der Waals surface area contributed by atoms with Gasteiger partial charge in [0.15, 0.2) is 0 Å². The van der Waals surface area contributed by atoms with E-state index in [9.17, 15) is 9.59 Å². The van der Waals surface area contributed by atoms with Gasteiger partial charge in [0.2, 0.25) is 0 Å². The molecule has 2 aliphatic heterocycles. The molecule has 1 aromatic carbocycles. The van der Waals surface area contributed by atoms with Crippen LogP contribution >= 0.6 is 11.6 Å². The topological polar surface area (TPSA) is 52.7 Å². The van der Waals surface area contributed by atoms with Crippen molar-refractivity contribution < 1.29 is 9.59 Å². The Morgan fingerprint density at radius 1 is 1.35 bits per heavy atom. The van der Waals surface area contributed by atoms with E-state index in [4.69, 9.17) is 11.6 Å². The average Bonchev–Trinajstić information content (AvgIpc) is 2.94. The maximum Gasteiger partial charge on any atom is 0.322 e. The molecule has 3 amide bonds. The maximum absolute atomic E-state index is 13.1. The molecule has 0 radical (unpaired) electrons. The molecule has 0 unspecified atom stereocenters. The second-order valence-electron chi connectivity index (χ2n) is 6.63. The van der Waals surface area contributed by atoms with E-state index in [1.807, 2.05) is 17.0 Å². The van der Waals surface area contributed by atoms with Crippen LogP contribution in [0.15, 0.2) is 48.2 Å². The molecule has 6 heteroatoms. The molecule has 1 aromatic rings. The number of nitrogens with zero attached hydrogens (tertiary/aromatic N) is 2. The number of amides is 3. The number of carbonyl (C=O) groups excluding carboxylic acids is 2. The van der Waals surface area contributed by atoms with Crippen LogP contribution in [0.2, 0.25) is 5.02 Å². The number of urea groups is 1. The summed E-state index contributed by atoms with van der Waals surface area (Å²) in [4.78, 5) is 29.2. The number of nitrogens with one attached hydrogen (secondary N) is 1. The van der Waals surface area contributed by atoms with E-state index in [1.54, 1.807) is 23.1 Å². The van der Waals surface area contributed by atoms with Crippen molar-refractivity contribution in [3.05, 3.63) is 58.8 Å². The largest absolute Gasteiger partial charge is 0.333 e. The van der Waals surface area contributed by atoms with Gasteiger partial charge in [-0.05, 0) is 24.1 Å². The monoisotopic (exact) mass is 373 g/mol. The summed E-state index contributed by atoms with van der Waals surface area (Å²) in [6.07, 6.45) is 4.82. The first kappa shape index (κ1) is 18.5. The molecule has 0 saturated heterocycles. The van der Waals surface area contributed by atoms with Gasteiger partial charge in [-0.2, -0.15) is 0 Å². The number of unbranched alkanes of at least 4 members (excludes halogenated alkanes) is 2. The normalized spacial score (nSPS) is 19.7. The molecule has 0 spiro atoms. The molecule has 0 fully saturated rings. The molecule has 0 saturated carbocycles. The highest BCUT2D eigenvalue weighted by Gasteiger charge is 2.43. The summed E-state index contributed by atoms with van der Waals surface area (Å²) in [6.45, 7) is 7.42. The third-order valence-corrected chi connectivity index (χ3v) is 5.06. The molecule has 2 heterocycles. The quantitative estimate of drug-likeness (QED) is 0.582. The molecular weight excluding hydrogens is 350 g/mol. The van der Waals surface area contributed by atoms with Gasteiger partial charge < -0.3 is 10.2 Å². The minimum absolute atomic E-state index is 0.00450. The summed E-state index contributed by atoms with van der Waals surface area (Å²) in [6, 6.07) is 6.62. The van der Waals surface area contributed by atoms with Crippen LogP contribution in [0.1, 0.15) is 37.8 Å². The Bertz CT molecular complexity index is 759. The standard InChI is InChI=1S/C20H24ClN3O2/c1-3-5-6-11-23-13-16-17(19(23)25)18(14-8-7-9-15(21)12-14)22-20(26)24(16)10-4-2/h4,7-9,12,18H,2-3,5-6,10-11,13H2,1H3,(H,22,26)/t18-/m1/s1. The van der Waals surface area contributed by atoms with Gasteiger partial charge in [0.05, 0.1) is 23.9 Å². The Morgan fingerprint density at radius 2 is 2.15 bits per heavy atom. The molecule has 2 aliphatic rings. The molecule has 138 valence electrons. The Balaban J connectivity index is 1.96. The van der Waals surface area contributed by atoms with Gasteiger partial charge in [0.1, 0.15) is 0 Å². The third-order valence-electron chi connectivity index (χ3n) is 4.82. The maximum atomic E-state index is 13.1. The molecule has 1 atom stereocenters. The summed E-state index contributed by atoms with van der Waals surface area (Å²) in [5, 5.41) is 3.54. The lowest BCUT2D eigenvalue weighted by Crippen LogP contribution is -2.47. The lowest BCUT2D eigenvalue weighted by molar-refractivity contribution is -0.125. The van der Waals surface area contributed by atoms with Gasteiger partial charge in [-0.3, -0.25) is 9.69 Å². The zero-order valence-corrected chi connectivity index (χ0v) is 15.8. The molecule has 1 N–H and O–H groups in total. The molecule has 0 aromatic heterocycles. The molecular formula is C20H24ClN3O2. The fourth-order valence-corrected chi connectivity index (χ4v) is 3.74. The zero-order chi connectivity index (χ0) is 18.7. The van der Waals surface area contributed by atoms with Crippen LogP contribution in [-0.4, -0.2) is 41.4 Å². The van der Waals surface area contributed by atoms with Crippen molar-refractivity contribution in [3.63, 3.8) is 0 Å². The minimum atomic E-state index is -0.471. The van der Waals surface area contributed by atoms with Crippen LogP contribution in [0, 0.1) is 0 Å². The average molecular weight is 374 g/mol. The van der Waals surface area contributed by atoms with E-state index in [2.05, 4.69) is 18.8 Å². The second-order valence-corrected chi connectivity index (χ2v) is 7.07. The fourth-order valence-electron chi connectivity index (χ4n) is 3.54. The highest BCUT2D eigenvalue weighted by molar-refractivity contribution is 6.30. The number of benzene rings is 1. The summed E-state index contributed by atoms with van der Waals surface area (Å²) in [7, 11) is 0. The number of hydrogen-bond donors (Lipinski definition) is 1. The van der Waals surface area contributed by atoms with Gasteiger partial charge in [-0.25, -0.2) is 4.79 Å². The van der Waals surface area contributed by atoms with Crippen LogP contribution in [0.5, 0.6) is 0 Å². The predicted molar refractivity (Wildman–Crippen MR) is 103 cm³/mol.